The SMILES string of the molecule is COc1ccc(OC2CCN(C(=O)/C=C/c3cccs3)C2)nn1. The van der Waals surface area contributed by atoms with Gasteiger partial charge in [0.05, 0.1) is 13.7 Å². The largest absolute Gasteiger partial charge is 0.480 e. The van der Waals surface area contributed by atoms with E-state index in [1.165, 1.54) is 7.11 Å². The highest BCUT2D eigenvalue weighted by Gasteiger charge is 2.26. The van der Waals surface area contributed by atoms with Crippen molar-refractivity contribution in [2.24, 2.45) is 0 Å². The van der Waals surface area contributed by atoms with Crippen molar-refractivity contribution in [3.63, 3.8) is 0 Å². The van der Waals surface area contributed by atoms with Crippen LogP contribution < -0.4 is 9.47 Å². The van der Waals surface area contributed by atoms with Gasteiger partial charge in [0.25, 0.3) is 0 Å². The third-order valence-electron chi connectivity index (χ3n) is 3.50. The Morgan fingerprint density at radius 2 is 2.17 bits per heavy atom. The van der Waals surface area contributed by atoms with Crippen LogP contribution in [-0.2, 0) is 4.79 Å². The number of likely N-dealkylation sites (tertiary alicyclic amines) is 1. The first-order chi connectivity index (χ1) is 11.2. The fourth-order valence-electron chi connectivity index (χ4n) is 2.32. The molecule has 0 saturated carbocycles. The molecule has 1 aliphatic rings. The number of rotatable bonds is 5. The molecule has 1 amide bonds. The van der Waals surface area contributed by atoms with E-state index in [1.54, 1.807) is 34.4 Å². The fourth-order valence-corrected chi connectivity index (χ4v) is 2.94. The molecule has 0 bridgehead atoms. The Morgan fingerprint density at radius 3 is 2.87 bits per heavy atom. The van der Waals surface area contributed by atoms with Gasteiger partial charge in [0, 0.05) is 36.1 Å². The van der Waals surface area contributed by atoms with Crippen molar-refractivity contribution in [1.29, 1.82) is 0 Å². The second-order valence-corrected chi connectivity index (χ2v) is 6.05. The monoisotopic (exact) mass is 331 g/mol. The highest BCUT2D eigenvalue weighted by atomic mass is 32.1. The lowest BCUT2D eigenvalue weighted by Gasteiger charge is -2.15. The molecular formula is C16H17N3O3S. The van der Waals surface area contributed by atoms with E-state index in [9.17, 15) is 4.79 Å². The van der Waals surface area contributed by atoms with Gasteiger partial charge in [0.15, 0.2) is 0 Å². The number of thiophene rings is 1. The number of nitrogens with zero attached hydrogens (tertiary/aromatic N) is 3. The van der Waals surface area contributed by atoms with E-state index >= 15 is 0 Å². The lowest BCUT2D eigenvalue weighted by Crippen LogP contribution is -2.29. The van der Waals surface area contributed by atoms with Crippen LogP contribution in [0.5, 0.6) is 11.8 Å². The molecule has 1 saturated heterocycles. The summed E-state index contributed by atoms with van der Waals surface area (Å²) in [5, 5.41) is 9.79. The van der Waals surface area contributed by atoms with Crippen molar-refractivity contribution in [2.75, 3.05) is 20.2 Å². The van der Waals surface area contributed by atoms with E-state index in [0.29, 0.717) is 24.8 Å². The van der Waals surface area contributed by atoms with Crippen LogP contribution in [0.25, 0.3) is 6.08 Å². The van der Waals surface area contributed by atoms with Crippen LogP contribution in [0.1, 0.15) is 11.3 Å². The third kappa shape index (κ3) is 4.07. The average molecular weight is 331 g/mol. The molecule has 23 heavy (non-hydrogen) atoms. The van der Waals surface area contributed by atoms with Gasteiger partial charge in [-0.1, -0.05) is 6.07 Å². The number of hydrogen-bond acceptors (Lipinski definition) is 6. The van der Waals surface area contributed by atoms with Crippen LogP contribution >= 0.6 is 11.3 Å². The van der Waals surface area contributed by atoms with Crippen LogP contribution in [0.3, 0.4) is 0 Å². The third-order valence-corrected chi connectivity index (χ3v) is 4.34. The van der Waals surface area contributed by atoms with Gasteiger partial charge in [-0.25, -0.2) is 0 Å². The van der Waals surface area contributed by atoms with Gasteiger partial charge >= 0.3 is 0 Å². The van der Waals surface area contributed by atoms with Gasteiger partial charge in [-0.2, -0.15) is 0 Å². The van der Waals surface area contributed by atoms with Crippen LogP contribution in [0, 0.1) is 0 Å². The minimum atomic E-state index is -0.0585. The molecule has 3 rings (SSSR count). The van der Waals surface area contributed by atoms with Gasteiger partial charge < -0.3 is 14.4 Å². The summed E-state index contributed by atoms with van der Waals surface area (Å²) in [5.74, 6) is 0.892. The van der Waals surface area contributed by atoms with E-state index in [4.69, 9.17) is 9.47 Å². The van der Waals surface area contributed by atoms with E-state index < -0.39 is 0 Å². The molecule has 2 aromatic heterocycles. The number of methoxy groups -OCH3 is 1. The Labute approximate surface area is 138 Å². The minimum absolute atomic E-state index is 0.00492. The van der Waals surface area contributed by atoms with Crippen molar-refractivity contribution in [3.05, 3.63) is 40.6 Å². The maximum absolute atomic E-state index is 12.2. The number of ether oxygens (including phenoxy) is 2. The minimum Gasteiger partial charge on any atom is -0.480 e. The summed E-state index contributed by atoms with van der Waals surface area (Å²) < 4.78 is 10.7. The highest BCUT2D eigenvalue weighted by Crippen LogP contribution is 2.18. The first kappa shape index (κ1) is 15.5. The maximum Gasteiger partial charge on any atom is 0.246 e. The fraction of sp³-hybridized carbons (Fsp3) is 0.312. The van der Waals surface area contributed by atoms with E-state index in [-0.39, 0.29) is 12.0 Å². The van der Waals surface area contributed by atoms with Crippen molar-refractivity contribution in [3.8, 4) is 11.8 Å². The van der Waals surface area contributed by atoms with Crippen molar-refractivity contribution in [2.45, 2.75) is 12.5 Å². The summed E-state index contributed by atoms with van der Waals surface area (Å²) in [5.41, 5.74) is 0. The zero-order valence-corrected chi connectivity index (χ0v) is 13.5. The van der Waals surface area contributed by atoms with Crippen LogP contribution in [-0.4, -0.2) is 47.3 Å². The molecule has 2 aromatic rings. The quantitative estimate of drug-likeness (QED) is 0.786. The predicted octanol–water partition coefficient (Wildman–Crippen LogP) is 2.24. The second-order valence-electron chi connectivity index (χ2n) is 5.08. The zero-order chi connectivity index (χ0) is 16.1. The standard InChI is InChI=1S/C16H17N3O3S/c1-21-14-5-6-15(18-17-14)22-12-8-9-19(11-12)16(20)7-4-13-3-2-10-23-13/h2-7,10,12H,8-9,11H2,1H3/b7-4+. The molecule has 0 spiro atoms. The topological polar surface area (TPSA) is 64.6 Å². The number of aromatic nitrogens is 2. The summed E-state index contributed by atoms with van der Waals surface area (Å²) in [7, 11) is 1.54. The summed E-state index contributed by atoms with van der Waals surface area (Å²) in [4.78, 5) is 15.0. The summed E-state index contributed by atoms with van der Waals surface area (Å²) >= 11 is 1.61. The van der Waals surface area contributed by atoms with E-state index in [2.05, 4.69) is 10.2 Å². The average Bonchev–Trinajstić information content (AvgIpc) is 3.25. The molecule has 0 aromatic carbocycles. The Bertz CT molecular complexity index is 670. The molecular weight excluding hydrogens is 314 g/mol. The summed E-state index contributed by atoms with van der Waals surface area (Å²) in [6, 6.07) is 7.36. The molecule has 0 aliphatic carbocycles. The normalized spacial score (nSPS) is 17.6. The zero-order valence-electron chi connectivity index (χ0n) is 12.7. The highest BCUT2D eigenvalue weighted by molar-refractivity contribution is 7.10. The first-order valence-corrected chi connectivity index (χ1v) is 8.17. The Balaban J connectivity index is 1.52. The van der Waals surface area contributed by atoms with Crippen molar-refractivity contribution >= 4 is 23.3 Å². The molecule has 3 heterocycles. The lowest BCUT2D eigenvalue weighted by molar-refractivity contribution is -0.125. The molecule has 1 fully saturated rings. The molecule has 1 unspecified atom stereocenters. The molecule has 120 valence electrons. The molecule has 1 aliphatic heterocycles. The second kappa shape index (κ2) is 7.23. The number of hydrogen-bond donors (Lipinski definition) is 0. The molecule has 0 N–H and O–H groups in total. The Hall–Kier alpha value is -2.41. The molecule has 1 atom stereocenters. The Kier molecular flexibility index (Phi) is 4.87. The first-order valence-electron chi connectivity index (χ1n) is 7.29. The van der Waals surface area contributed by atoms with Crippen LogP contribution in [0.15, 0.2) is 35.7 Å². The van der Waals surface area contributed by atoms with Gasteiger partial charge in [0.2, 0.25) is 17.7 Å². The number of carbonyl (C=O) groups is 1. The Morgan fingerprint density at radius 1 is 1.35 bits per heavy atom. The van der Waals surface area contributed by atoms with Crippen LogP contribution in [0.2, 0.25) is 0 Å². The van der Waals surface area contributed by atoms with Gasteiger partial charge in [-0.3, -0.25) is 4.79 Å². The molecule has 0 radical (unpaired) electrons. The maximum atomic E-state index is 12.2. The van der Waals surface area contributed by atoms with Gasteiger partial charge in [0.1, 0.15) is 6.10 Å². The van der Waals surface area contributed by atoms with Gasteiger partial charge in [-0.05, 0) is 17.5 Å². The number of amides is 1. The lowest BCUT2D eigenvalue weighted by atomic mass is 10.3. The molecule has 6 nitrogen and oxygen atoms in total. The van der Waals surface area contributed by atoms with Crippen molar-refractivity contribution < 1.29 is 14.3 Å². The molecule has 7 heteroatoms. The van der Waals surface area contributed by atoms with Crippen LogP contribution in [0.4, 0.5) is 0 Å². The van der Waals surface area contributed by atoms with E-state index in [1.807, 2.05) is 23.6 Å². The van der Waals surface area contributed by atoms with E-state index in [0.717, 1.165) is 11.3 Å². The summed E-state index contributed by atoms with van der Waals surface area (Å²) in [6.07, 6.45) is 4.18. The predicted molar refractivity (Wildman–Crippen MR) is 87.6 cm³/mol. The number of carbonyl (C=O) groups excluding carboxylic acids is 1. The summed E-state index contributed by atoms with van der Waals surface area (Å²) in [6.45, 7) is 1.24. The van der Waals surface area contributed by atoms with Crippen molar-refractivity contribution in [1.82, 2.24) is 15.1 Å². The van der Waals surface area contributed by atoms with Gasteiger partial charge in [-0.15, -0.1) is 21.5 Å². The smallest absolute Gasteiger partial charge is 0.246 e.